The molecule has 2 aliphatic heterocycles. The van der Waals surface area contributed by atoms with Crippen LogP contribution in [0.5, 0.6) is 5.75 Å². The number of methoxy groups -OCH3 is 1. The fourth-order valence-corrected chi connectivity index (χ4v) is 4.35. The Morgan fingerprint density at radius 2 is 2.00 bits per heavy atom. The molecule has 180 valence electrons. The third kappa shape index (κ3) is 8.26. The normalized spacial score (nSPS) is 20.8. The van der Waals surface area contributed by atoms with Crippen LogP contribution in [-0.2, 0) is 9.47 Å². The Labute approximate surface area is 193 Å². The molecule has 2 saturated heterocycles. The number of nitrogens with one attached hydrogen (secondary N) is 2. The lowest BCUT2D eigenvalue weighted by Gasteiger charge is -2.34. The molecule has 0 saturated carbocycles. The zero-order chi connectivity index (χ0) is 22.4. The average molecular weight is 447 g/mol. The van der Waals surface area contributed by atoms with Gasteiger partial charge in [0, 0.05) is 32.2 Å². The molecule has 2 fully saturated rings. The van der Waals surface area contributed by atoms with Crippen molar-refractivity contribution >= 4 is 5.96 Å². The van der Waals surface area contributed by atoms with E-state index in [0.29, 0.717) is 5.92 Å². The van der Waals surface area contributed by atoms with Crippen molar-refractivity contribution in [1.82, 2.24) is 15.5 Å². The van der Waals surface area contributed by atoms with Gasteiger partial charge in [0.25, 0.3) is 0 Å². The van der Waals surface area contributed by atoms with Crippen LogP contribution in [0.1, 0.15) is 50.6 Å². The van der Waals surface area contributed by atoms with Gasteiger partial charge in [-0.2, -0.15) is 0 Å². The summed E-state index contributed by atoms with van der Waals surface area (Å²) in [4.78, 5) is 7.54. The number of hydrogen-bond donors (Lipinski definition) is 2. The minimum atomic E-state index is 0.286. The van der Waals surface area contributed by atoms with E-state index in [-0.39, 0.29) is 6.04 Å². The van der Waals surface area contributed by atoms with Gasteiger partial charge in [0.15, 0.2) is 5.96 Å². The highest BCUT2D eigenvalue weighted by Crippen LogP contribution is 2.26. The summed E-state index contributed by atoms with van der Waals surface area (Å²) in [7, 11) is 1.71. The summed E-state index contributed by atoms with van der Waals surface area (Å²) in [6, 6.07) is 8.75. The molecule has 0 aliphatic carbocycles. The molecule has 2 N–H and O–H groups in total. The van der Waals surface area contributed by atoms with E-state index in [1.807, 2.05) is 0 Å². The van der Waals surface area contributed by atoms with E-state index >= 15 is 0 Å². The molecule has 3 rings (SSSR count). The van der Waals surface area contributed by atoms with Gasteiger partial charge in [0.05, 0.1) is 32.9 Å². The maximum atomic E-state index is 5.82. The first-order valence-electron chi connectivity index (χ1n) is 12.4. The van der Waals surface area contributed by atoms with Gasteiger partial charge < -0.3 is 24.8 Å². The van der Waals surface area contributed by atoms with E-state index in [1.54, 1.807) is 7.11 Å². The van der Waals surface area contributed by atoms with E-state index in [0.717, 1.165) is 83.7 Å². The van der Waals surface area contributed by atoms with Crippen LogP contribution in [0.15, 0.2) is 29.3 Å². The van der Waals surface area contributed by atoms with E-state index in [4.69, 9.17) is 19.2 Å². The van der Waals surface area contributed by atoms with Crippen LogP contribution in [0.25, 0.3) is 0 Å². The van der Waals surface area contributed by atoms with Crippen molar-refractivity contribution in [2.24, 2.45) is 10.9 Å². The predicted octanol–water partition coefficient (Wildman–Crippen LogP) is 3.22. The van der Waals surface area contributed by atoms with E-state index in [1.165, 1.54) is 24.8 Å². The molecule has 0 amide bonds. The van der Waals surface area contributed by atoms with E-state index < -0.39 is 0 Å². The zero-order valence-electron chi connectivity index (χ0n) is 20.0. The van der Waals surface area contributed by atoms with Gasteiger partial charge in [-0.15, -0.1) is 0 Å². The standard InChI is InChI=1S/C25H42N4O3/c1-3-26-25(27-13-7-16-31-19-21-12-17-32-20-21)28-18-24(29-14-5-4-6-15-29)22-8-10-23(30-2)11-9-22/h8-11,21,24H,3-7,12-20H2,1-2H3,(H2,26,27,28). The molecule has 0 spiro atoms. The van der Waals surface area contributed by atoms with Crippen molar-refractivity contribution < 1.29 is 14.2 Å². The third-order valence-corrected chi connectivity index (χ3v) is 6.23. The summed E-state index contributed by atoms with van der Waals surface area (Å²) in [6.07, 6.45) is 5.95. The number of rotatable bonds is 12. The Morgan fingerprint density at radius 1 is 1.19 bits per heavy atom. The van der Waals surface area contributed by atoms with Gasteiger partial charge >= 0.3 is 0 Å². The lowest BCUT2D eigenvalue weighted by molar-refractivity contribution is 0.0888. The molecule has 7 heteroatoms. The SMILES string of the molecule is CCNC(=NCC(c1ccc(OC)cc1)N1CCCCC1)NCCCOCC1CCOC1. The Balaban J connectivity index is 1.51. The molecule has 2 unspecified atom stereocenters. The highest BCUT2D eigenvalue weighted by molar-refractivity contribution is 5.79. The predicted molar refractivity (Wildman–Crippen MR) is 130 cm³/mol. The van der Waals surface area contributed by atoms with E-state index in [9.17, 15) is 0 Å². The van der Waals surface area contributed by atoms with Crippen molar-refractivity contribution in [2.75, 3.05) is 66.3 Å². The van der Waals surface area contributed by atoms with Gasteiger partial charge in [0.2, 0.25) is 0 Å². The summed E-state index contributed by atoms with van der Waals surface area (Å²) in [5.74, 6) is 2.35. The molecule has 0 radical (unpaired) electrons. The van der Waals surface area contributed by atoms with Crippen LogP contribution < -0.4 is 15.4 Å². The van der Waals surface area contributed by atoms with Crippen LogP contribution in [0.4, 0.5) is 0 Å². The van der Waals surface area contributed by atoms with Crippen molar-refractivity contribution in [2.45, 2.75) is 45.1 Å². The Kier molecular flexibility index (Phi) is 11.1. The van der Waals surface area contributed by atoms with Crippen molar-refractivity contribution in [1.29, 1.82) is 0 Å². The quantitative estimate of drug-likeness (QED) is 0.292. The molecule has 0 bridgehead atoms. The van der Waals surface area contributed by atoms with Gasteiger partial charge in [0.1, 0.15) is 5.75 Å². The largest absolute Gasteiger partial charge is 0.497 e. The second kappa shape index (κ2) is 14.3. The van der Waals surface area contributed by atoms with Crippen molar-refractivity contribution in [3.63, 3.8) is 0 Å². The lowest BCUT2D eigenvalue weighted by atomic mass is 10.0. The smallest absolute Gasteiger partial charge is 0.191 e. The summed E-state index contributed by atoms with van der Waals surface area (Å²) in [5.41, 5.74) is 1.30. The fourth-order valence-electron chi connectivity index (χ4n) is 4.35. The summed E-state index contributed by atoms with van der Waals surface area (Å²) in [6.45, 7) is 10.1. The topological polar surface area (TPSA) is 67.4 Å². The molecule has 2 heterocycles. The Hall–Kier alpha value is -1.83. The van der Waals surface area contributed by atoms with Crippen molar-refractivity contribution in [3.8, 4) is 5.75 Å². The number of hydrogen-bond acceptors (Lipinski definition) is 5. The highest BCUT2D eigenvalue weighted by atomic mass is 16.5. The Bertz CT molecular complexity index is 656. The molecule has 1 aromatic rings. The maximum Gasteiger partial charge on any atom is 0.191 e. The van der Waals surface area contributed by atoms with Crippen LogP contribution in [0.2, 0.25) is 0 Å². The second-order valence-electron chi connectivity index (χ2n) is 8.69. The maximum absolute atomic E-state index is 5.82. The third-order valence-electron chi connectivity index (χ3n) is 6.23. The van der Waals surface area contributed by atoms with Gasteiger partial charge in [-0.1, -0.05) is 18.6 Å². The number of piperidine rings is 1. The number of likely N-dealkylation sites (tertiary alicyclic amines) is 1. The number of ether oxygens (including phenoxy) is 3. The lowest BCUT2D eigenvalue weighted by Crippen LogP contribution is -2.40. The second-order valence-corrected chi connectivity index (χ2v) is 8.69. The molecular weight excluding hydrogens is 404 g/mol. The fraction of sp³-hybridized carbons (Fsp3) is 0.720. The molecule has 2 atom stereocenters. The highest BCUT2D eigenvalue weighted by Gasteiger charge is 2.22. The molecule has 1 aromatic carbocycles. The average Bonchev–Trinajstić information content (AvgIpc) is 3.36. The molecular formula is C25H42N4O3. The summed E-state index contributed by atoms with van der Waals surface area (Å²) in [5, 5.41) is 6.86. The summed E-state index contributed by atoms with van der Waals surface area (Å²) < 4.78 is 16.6. The van der Waals surface area contributed by atoms with Gasteiger partial charge in [-0.3, -0.25) is 9.89 Å². The monoisotopic (exact) mass is 446 g/mol. The summed E-state index contributed by atoms with van der Waals surface area (Å²) >= 11 is 0. The number of aliphatic imine (C=N–C) groups is 1. The minimum Gasteiger partial charge on any atom is -0.497 e. The first-order chi connectivity index (χ1) is 15.8. The first kappa shape index (κ1) is 24.8. The molecule has 7 nitrogen and oxygen atoms in total. The Morgan fingerprint density at radius 3 is 2.69 bits per heavy atom. The minimum absolute atomic E-state index is 0.286. The molecule has 2 aliphatic rings. The zero-order valence-corrected chi connectivity index (χ0v) is 20.0. The molecule has 32 heavy (non-hydrogen) atoms. The van der Waals surface area contributed by atoms with Crippen LogP contribution in [0.3, 0.4) is 0 Å². The number of benzene rings is 1. The number of guanidine groups is 1. The van der Waals surface area contributed by atoms with Crippen LogP contribution in [0, 0.1) is 5.92 Å². The first-order valence-corrected chi connectivity index (χ1v) is 12.4. The molecule has 0 aromatic heterocycles. The van der Waals surface area contributed by atoms with Crippen molar-refractivity contribution in [3.05, 3.63) is 29.8 Å². The van der Waals surface area contributed by atoms with Crippen LogP contribution >= 0.6 is 0 Å². The van der Waals surface area contributed by atoms with Gasteiger partial charge in [-0.25, -0.2) is 0 Å². The van der Waals surface area contributed by atoms with E-state index in [2.05, 4.69) is 46.7 Å². The van der Waals surface area contributed by atoms with Crippen LogP contribution in [-0.4, -0.2) is 77.1 Å². The van der Waals surface area contributed by atoms with Gasteiger partial charge in [-0.05, 0) is 63.4 Å². The number of nitrogens with zero attached hydrogens (tertiary/aromatic N) is 2.